The van der Waals surface area contributed by atoms with Crippen LogP contribution in [0.5, 0.6) is 11.5 Å². The molecule has 3 aliphatic heterocycles. The summed E-state index contributed by atoms with van der Waals surface area (Å²) in [5.74, 6) is 0.453. The summed E-state index contributed by atoms with van der Waals surface area (Å²) >= 11 is 0. The number of benzene rings is 1. The zero-order valence-electron chi connectivity index (χ0n) is 37.5. The van der Waals surface area contributed by atoms with E-state index < -0.39 is 67.7 Å². The van der Waals surface area contributed by atoms with Gasteiger partial charge in [-0.05, 0) is 114 Å². The number of nitrogens with one attached hydrogen (secondary N) is 3. The first kappa shape index (κ1) is 43.8. The van der Waals surface area contributed by atoms with Gasteiger partial charge in [-0.1, -0.05) is 52.2 Å². The number of pyridine rings is 1. The van der Waals surface area contributed by atoms with Crippen LogP contribution in [0.15, 0.2) is 30.4 Å². The van der Waals surface area contributed by atoms with Crippen LogP contribution in [-0.2, 0) is 35.6 Å². The van der Waals surface area contributed by atoms with Gasteiger partial charge in [0, 0.05) is 35.3 Å². The Balaban J connectivity index is 1.05. The second kappa shape index (κ2) is 16.5. The molecular weight excluding hydrogens is 823 g/mol. The van der Waals surface area contributed by atoms with Gasteiger partial charge in [0.1, 0.15) is 40.8 Å². The number of ether oxygens (including phenoxy) is 3. The first-order valence-electron chi connectivity index (χ1n) is 23.6. The molecule has 1 spiro atoms. The van der Waals surface area contributed by atoms with Crippen LogP contribution >= 0.6 is 0 Å². The first-order valence-corrected chi connectivity index (χ1v) is 25.1. The van der Waals surface area contributed by atoms with Crippen molar-refractivity contribution in [3.63, 3.8) is 0 Å². The molecule has 9 rings (SSSR count). The number of rotatable bonds is 8. The fraction of sp³-hybridized carbons (Fsp3) is 0.688. The Morgan fingerprint density at radius 1 is 1.03 bits per heavy atom. The molecule has 0 bridgehead atoms. The summed E-state index contributed by atoms with van der Waals surface area (Å²) in [6.07, 6.45) is 13.5. The number of alkyl carbamates (subject to hydrolysis) is 1. The van der Waals surface area contributed by atoms with Gasteiger partial charge in [0.05, 0.1) is 29.6 Å². The minimum atomic E-state index is -4.00. The Morgan fingerprint density at radius 2 is 1.83 bits per heavy atom. The van der Waals surface area contributed by atoms with Crippen molar-refractivity contribution in [1.29, 1.82) is 0 Å². The predicted octanol–water partition coefficient (Wildman–Crippen LogP) is 6.73. The number of aryl methyl sites for hydroxylation is 1. The highest BCUT2D eigenvalue weighted by Gasteiger charge is 2.64. The van der Waals surface area contributed by atoms with Gasteiger partial charge in [-0.3, -0.25) is 19.1 Å². The third-order valence-corrected chi connectivity index (χ3v) is 17.7. The van der Waals surface area contributed by atoms with Gasteiger partial charge in [0.2, 0.25) is 21.8 Å². The number of amides is 4. The lowest BCUT2D eigenvalue weighted by atomic mass is 9.75. The molecule has 1 saturated heterocycles. The van der Waals surface area contributed by atoms with Gasteiger partial charge in [-0.25, -0.2) is 18.2 Å². The van der Waals surface area contributed by atoms with Crippen molar-refractivity contribution in [2.75, 3.05) is 13.7 Å². The smallest absolute Gasteiger partial charge is 0.408 e. The van der Waals surface area contributed by atoms with Crippen molar-refractivity contribution in [1.82, 2.24) is 25.2 Å². The molecule has 1 aromatic heterocycles. The molecule has 5 fully saturated rings. The number of carbonyl (C=O) groups is 4. The van der Waals surface area contributed by atoms with Gasteiger partial charge in [0.15, 0.2) is 0 Å². The van der Waals surface area contributed by atoms with Gasteiger partial charge < -0.3 is 29.7 Å². The molecule has 0 radical (unpaired) electrons. The van der Waals surface area contributed by atoms with Crippen molar-refractivity contribution in [2.24, 2.45) is 23.7 Å². The Morgan fingerprint density at radius 3 is 2.56 bits per heavy atom. The topological polar surface area (TPSA) is 182 Å². The highest BCUT2D eigenvalue weighted by atomic mass is 32.2. The van der Waals surface area contributed by atoms with Crippen LogP contribution in [-0.4, -0.2) is 89.8 Å². The molecule has 4 heterocycles. The zero-order chi connectivity index (χ0) is 44.5. The molecule has 2 aromatic rings. The maximum Gasteiger partial charge on any atom is 0.408 e. The van der Waals surface area contributed by atoms with E-state index in [4.69, 9.17) is 19.2 Å². The van der Waals surface area contributed by atoms with E-state index in [1.807, 2.05) is 30.4 Å². The van der Waals surface area contributed by atoms with E-state index in [0.717, 1.165) is 67.1 Å². The van der Waals surface area contributed by atoms with Crippen molar-refractivity contribution in [3.8, 4) is 11.5 Å². The molecule has 1 aromatic carbocycles. The Bertz CT molecular complexity index is 2310. The zero-order valence-corrected chi connectivity index (χ0v) is 38.3. The number of hydrogen-bond donors (Lipinski definition) is 3. The Labute approximate surface area is 371 Å². The van der Waals surface area contributed by atoms with Gasteiger partial charge >= 0.3 is 6.09 Å². The number of allylic oxidation sites excluding steroid dienone is 1. The number of aromatic nitrogens is 1. The number of methoxy groups -OCH3 is 1. The van der Waals surface area contributed by atoms with E-state index in [2.05, 4.69) is 36.1 Å². The van der Waals surface area contributed by atoms with Crippen LogP contribution in [0.4, 0.5) is 4.79 Å². The molecule has 4 amide bonds. The molecule has 7 aliphatic rings. The molecule has 4 aliphatic carbocycles. The fourth-order valence-corrected chi connectivity index (χ4v) is 12.2. The standard InChI is InChI=1S/C48H65N5O9S/c1-28(2)33-17-13-29(3)23-39(33)61-45(57)50-36-12-10-8-6-7-9-11-31-25-48(31,44(56)52-63(58,59)46(4)21-22-46)51-42(54)38-26-47(27-53(38)43(36)55)20-19-35-34-18-16-32(60-5)24-37(34)49-40(30-14-15-30)41(35)62-47/h9,11,16,18,24,28-31,33,36,38-39H,6-8,10,12-15,17,19-23,25-27H2,1-5H3,(H,50,57)(H,51,54)(H,52,56)/b11-9-/t29-,31+,33+,36-,38?,39-,47+,48+/m0/s1. The average Bonchev–Trinajstić information content (AvgIpc) is 4.18. The minimum Gasteiger partial charge on any atom is -0.497 e. The number of fused-ring (bicyclic) bond motifs is 5. The van der Waals surface area contributed by atoms with Crippen molar-refractivity contribution < 1.29 is 41.8 Å². The highest BCUT2D eigenvalue weighted by Crippen LogP contribution is 2.52. The monoisotopic (exact) mass is 887 g/mol. The van der Waals surface area contributed by atoms with E-state index >= 15 is 4.79 Å². The number of hydrogen-bond acceptors (Lipinski definition) is 10. The van der Waals surface area contributed by atoms with E-state index in [9.17, 15) is 22.8 Å². The lowest BCUT2D eigenvalue weighted by Crippen LogP contribution is -2.58. The second-order valence-electron chi connectivity index (χ2n) is 20.6. The van der Waals surface area contributed by atoms with Crippen molar-refractivity contribution in [2.45, 2.75) is 170 Å². The third kappa shape index (κ3) is 8.52. The molecule has 4 saturated carbocycles. The quantitative estimate of drug-likeness (QED) is 0.240. The summed E-state index contributed by atoms with van der Waals surface area (Å²) in [5, 5.41) is 6.96. The molecular formula is C48H65N5O9S. The van der Waals surface area contributed by atoms with Gasteiger partial charge in [-0.2, -0.15) is 0 Å². The lowest BCUT2D eigenvalue weighted by Gasteiger charge is -2.37. The van der Waals surface area contributed by atoms with Crippen molar-refractivity contribution >= 4 is 44.7 Å². The maximum atomic E-state index is 15.2. The largest absolute Gasteiger partial charge is 0.497 e. The van der Waals surface area contributed by atoms with Gasteiger partial charge in [-0.15, -0.1) is 0 Å². The highest BCUT2D eigenvalue weighted by molar-refractivity contribution is 7.91. The lowest BCUT2D eigenvalue weighted by molar-refractivity contribution is -0.141. The second-order valence-corrected chi connectivity index (χ2v) is 22.8. The van der Waals surface area contributed by atoms with Crippen molar-refractivity contribution in [3.05, 3.63) is 41.6 Å². The Kier molecular flexibility index (Phi) is 11.5. The summed E-state index contributed by atoms with van der Waals surface area (Å²) in [7, 11) is -2.36. The number of nitrogens with zero attached hydrogens (tertiary/aromatic N) is 2. The predicted molar refractivity (Wildman–Crippen MR) is 237 cm³/mol. The average molecular weight is 888 g/mol. The summed E-state index contributed by atoms with van der Waals surface area (Å²) in [6, 6.07) is 3.81. The van der Waals surface area contributed by atoms with Crippen LogP contribution in [0.2, 0.25) is 0 Å². The molecule has 1 unspecified atom stereocenters. The molecule has 15 heteroatoms. The molecule has 342 valence electrons. The summed E-state index contributed by atoms with van der Waals surface area (Å²) < 4.78 is 46.9. The van der Waals surface area contributed by atoms with Crippen LogP contribution in [0.1, 0.15) is 141 Å². The first-order chi connectivity index (χ1) is 30.0. The molecule has 8 atom stereocenters. The van der Waals surface area contributed by atoms with Crippen LogP contribution in [0.25, 0.3) is 10.9 Å². The summed E-state index contributed by atoms with van der Waals surface area (Å²) in [6.45, 7) is 8.18. The van der Waals surface area contributed by atoms with Gasteiger partial charge in [0.25, 0.3) is 5.91 Å². The summed E-state index contributed by atoms with van der Waals surface area (Å²) in [5.41, 5.74) is 0.268. The normalized spacial score (nSPS) is 33.4. The van der Waals surface area contributed by atoms with E-state index in [0.29, 0.717) is 68.3 Å². The van der Waals surface area contributed by atoms with E-state index in [-0.39, 0.29) is 37.3 Å². The van der Waals surface area contributed by atoms with Crippen LogP contribution in [0.3, 0.4) is 0 Å². The molecule has 3 N–H and O–H groups in total. The van der Waals surface area contributed by atoms with E-state index in [1.54, 1.807) is 18.9 Å². The fourth-order valence-electron chi connectivity index (χ4n) is 10.9. The van der Waals surface area contributed by atoms with Crippen LogP contribution < -0.4 is 24.8 Å². The number of carbonyl (C=O) groups excluding carboxylic acids is 4. The third-order valence-electron chi connectivity index (χ3n) is 15.5. The molecule has 63 heavy (non-hydrogen) atoms. The SMILES string of the molecule is COc1ccc2c3c(c(C4CC4)nc2c1)O[C@]1(CC3)CC2C(=O)N[C@]3(C(=O)NS(=O)(=O)C4(C)CC4)C[C@H]3/C=C\CCCCC[C@H](NC(=O)O[C@H]3C[C@@H](C)CC[C@@H]3C(C)C)C(=O)N2C1. The maximum absolute atomic E-state index is 15.2. The Hall–Kier alpha value is -4.40. The van der Waals surface area contributed by atoms with Crippen LogP contribution in [0, 0.1) is 23.7 Å². The van der Waals surface area contributed by atoms with E-state index in [1.165, 1.54) is 0 Å². The molecule has 14 nitrogen and oxygen atoms in total. The minimum absolute atomic E-state index is 0.0756. The number of sulfonamides is 1. The summed E-state index contributed by atoms with van der Waals surface area (Å²) in [4.78, 5) is 64.8.